The number of esters is 1. The lowest BCUT2D eigenvalue weighted by molar-refractivity contribution is -0.153. The van der Waals surface area contributed by atoms with Gasteiger partial charge in [0.1, 0.15) is 5.75 Å². The molecular weight excluding hydrogens is 338 g/mol. The lowest BCUT2D eigenvalue weighted by Gasteiger charge is -2.23. The second kappa shape index (κ2) is 9.42. The third kappa shape index (κ3) is 8.15. The number of nitrogens with one attached hydrogen (secondary N) is 1. The van der Waals surface area contributed by atoms with E-state index >= 15 is 0 Å². The SMILES string of the molecule is CN(CC(=O)NC(C)(C)C)C(=O)COC(=O)COc1ccc(C#N)cc1. The fraction of sp³-hybridized carbons (Fsp3) is 0.444. The zero-order valence-corrected chi connectivity index (χ0v) is 15.4. The number of hydrogen-bond acceptors (Lipinski definition) is 6. The molecular formula is C18H23N3O5. The molecule has 0 fully saturated rings. The van der Waals surface area contributed by atoms with Gasteiger partial charge in [0, 0.05) is 12.6 Å². The van der Waals surface area contributed by atoms with Gasteiger partial charge in [-0.2, -0.15) is 5.26 Å². The minimum atomic E-state index is -0.713. The third-order valence-electron chi connectivity index (χ3n) is 3.02. The van der Waals surface area contributed by atoms with Crippen molar-refractivity contribution < 1.29 is 23.9 Å². The first-order chi connectivity index (χ1) is 12.1. The molecule has 0 spiro atoms. The Hall–Kier alpha value is -3.08. The molecule has 2 amide bonds. The second-order valence-corrected chi connectivity index (χ2v) is 6.63. The Labute approximate surface area is 152 Å². The van der Waals surface area contributed by atoms with Crippen molar-refractivity contribution in [3.05, 3.63) is 29.8 Å². The highest BCUT2D eigenvalue weighted by Gasteiger charge is 2.18. The molecule has 8 heteroatoms. The van der Waals surface area contributed by atoms with E-state index in [4.69, 9.17) is 14.7 Å². The fourth-order valence-corrected chi connectivity index (χ4v) is 1.82. The van der Waals surface area contributed by atoms with Crippen LogP contribution in [-0.4, -0.2) is 55.0 Å². The highest BCUT2D eigenvalue weighted by Crippen LogP contribution is 2.11. The predicted octanol–water partition coefficient (Wildman–Crippen LogP) is 0.853. The van der Waals surface area contributed by atoms with E-state index in [1.165, 1.54) is 11.9 Å². The molecule has 0 aliphatic heterocycles. The zero-order chi connectivity index (χ0) is 19.7. The van der Waals surface area contributed by atoms with Crippen molar-refractivity contribution in [3.8, 4) is 11.8 Å². The summed E-state index contributed by atoms with van der Waals surface area (Å²) in [6.45, 7) is 4.53. The molecule has 0 saturated heterocycles. The quantitative estimate of drug-likeness (QED) is 0.721. The number of rotatable bonds is 7. The van der Waals surface area contributed by atoms with Gasteiger partial charge in [-0.1, -0.05) is 0 Å². The van der Waals surface area contributed by atoms with Crippen LogP contribution in [0.3, 0.4) is 0 Å². The zero-order valence-electron chi connectivity index (χ0n) is 15.4. The first-order valence-corrected chi connectivity index (χ1v) is 7.94. The Kier molecular flexibility index (Phi) is 7.59. The van der Waals surface area contributed by atoms with Gasteiger partial charge in [-0.15, -0.1) is 0 Å². The van der Waals surface area contributed by atoms with Gasteiger partial charge in [0.25, 0.3) is 5.91 Å². The smallest absolute Gasteiger partial charge is 0.344 e. The standard InChI is InChI=1S/C18H23N3O5/c1-18(2,3)20-15(22)10-21(4)16(23)11-26-17(24)12-25-14-7-5-13(9-19)6-8-14/h5-8H,10-12H2,1-4H3,(H,20,22). The molecule has 1 aromatic carbocycles. The van der Waals surface area contributed by atoms with Gasteiger partial charge in [-0.25, -0.2) is 4.79 Å². The van der Waals surface area contributed by atoms with Crippen molar-refractivity contribution in [3.63, 3.8) is 0 Å². The summed E-state index contributed by atoms with van der Waals surface area (Å²) in [4.78, 5) is 36.5. The van der Waals surface area contributed by atoms with Crippen molar-refractivity contribution >= 4 is 17.8 Å². The van der Waals surface area contributed by atoms with E-state index in [1.54, 1.807) is 24.3 Å². The van der Waals surface area contributed by atoms with Crippen molar-refractivity contribution in [2.24, 2.45) is 0 Å². The average Bonchev–Trinajstić information content (AvgIpc) is 2.56. The summed E-state index contributed by atoms with van der Waals surface area (Å²) in [6.07, 6.45) is 0. The van der Waals surface area contributed by atoms with Crippen LogP contribution in [0.25, 0.3) is 0 Å². The number of nitrogens with zero attached hydrogens (tertiary/aromatic N) is 2. The lowest BCUT2D eigenvalue weighted by Crippen LogP contribution is -2.47. The molecule has 0 aliphatic rings. The van der Waals surface area contributed by atoms with Gasteiger partial charge in [0.15, 0.2) is 13.2 Å². The van der Waals surface area contributed by atoms with Crippen LogP contribution in [0.2, 0.25) is 0 Å². The monoisotopic (exact) mass is 361 g/mol. The normalized spacial score (nSPS) is 10.4. The van der Waals surface area contributed by atoms with Crippen LogP contribution in [0.15, 0.2) is 24.3 Å². The second-order valence-electron chi connectivity index (χ2n) is 6.63. The highest BCUT2D eigenvalue weighted by atomic mass is 16.6. The maximum Gasteiger partial charge on any atom is 0.344 e. The van der Waals surface area contributed by atoms with E-state index in [1.807, 2.05) is 26.8 Å². The number of carbonyl (C=O) groups excluding carboxylic acids is 3. The average molecular weight is 361 g/mol. The Morgan fingerprint density at radius 2 is 1.77 bits per heavy atom. The maximum absolute atomic E-state index is 11.9. The van der Waals surface area contributed by atoms with Crippen molar-refractivity contribution in [1.29, 1.82) is 5.26 Å². The molecule has 0 radical (unpaired) electrons. The lowest BCUT2D eigenvalue weighted by atomic mass is 10.1. The molecule has 0 saturated carbocycles. The number of carbonyl (C=O) groups is 3. The number of hydrogen-bond donors (Lipinski definition) is 1. The summed E-state index contributed by atoms with van der Waals surface area (Å²) in [6, 6.07) is 8.19. The van der Waals surface area contributed by atoms with Crippen LogP contribution < -0.4 is 10.1 Å². The molecule has 0 aromatic heterocycles. The summed E-state index contributed by atoms with van der Waals surface area (Å²) in [5, 5.41) is 11.4. The van der Waals surface area contributed by atoms with Gasteiger partial charge < -0.3 is 19.7 Å². The van der Waals surface area contributed by atoms with Crippen LogP contribution >= 0.6 is 0 Å². The van der Waals surface area contributed by atoms with Crippen LogP contribution in [0, 0.1) is 11.3 Å². The topological polar surface area (TPSA) is 109 Å². The molecule has 1 rings (SSSR count). The molecule has 1 N–H and O–H groups in total. The number of nitriles is 1. The van der Waals surface area contributed by atoms with Gasteiger partial charge in [-0.05, 0) is 45.0 Å². The number of ether oxygens (including phenoxy) is 2. The van der Waals surface area contributed by atoms with Crippen molar-refractivity contribution in [1.82, 2.24) is 10.2 Å². The summed E-state index contributed by atoms with van der Waals surface area (Å²) in [5.74, 6) is -1.11. The minimum absolute atomic E-state index is 0.130. The van der Waals surface area contributed by atoms with Crippen LogP contribution in [0.5, 0.6) is 5.75 Å². The maximum atomic E-state index is 11.9. The van der Waals surface area contributed by atoms with Gasteiger partial charge in [-0.3, -0.25) is 9.59 Å². The van der Waals surface area contributed by atoms with Gasteiger partial charge in [0.05, 0.1) is 18.2 Å². The van der Waals surface area contributed by atoms with E-state index < -0.39 is 24.0 Å². The van der Waals surface area contributed by atoms with E-state index in [0.29, 0.717) is 11.3 Å². The summed E-state index contributed by atoms with van der Waals surface area (Å²) >= 11 is 0. The van der Waals surface area contributed by atoms with E-state index in [2.05, 4.69) is 5.32 Å². The predicted molar refractivity (Wildman–Crippen MR) is 93.1 cm³/mol. The molecule has 8 nitrogen and oxygen atoms in total. The molecule has 0 heterocycles. The van der Waals surface area contributed by atoms with Crippen molar-refractivity contribution in [2.75, 3.05) is 26.8 Å². The van der Waals surface area contributed by atoms with Crippen LogP contribution in [0.4, 0.5) is 0 Å². The number of likely N-dealkylation sites (N-methyl/N-ethyl adjacent to an activating group) is 1. The van der Waals surface area contributed by atoms with E-state index in [0.717, 1.165) is 0 Å². The summed E-state index contributed by atoms with van der Waals surface area (Å²) in [7, 11) is 1.45. The fourth-order valence-electron chi connectivity index (χ4n) is 1.82. The summed E-state index contributed by atoms with van der Waals surface area (Å²) < 4.78 is 10.0. The third-order valence-corrected chi connectivity index (χ3v) is 3.02. The summed E-state index contributed by atoms with van der Waals surface area (Å²) in [5.41, 5.74) is 0.0833. The Morgan fingerprint density at radius 1 is 1.15 bits per heavy atom. The first-order valence-electron chi connectivity index (χ1n) is 7.94. The largest absolute Gasteiger partial charge is 0.482 e. The van der Waals surface area contributed by atoms with E-state index in [-0.39, 0.29) is 19.1 Å². The number of amides is 2. The van der Waals surface area contributed by atoms with Crippen LogP contribution in [0.1, 0.15) is 26.3 Å². The van der Waals surface area contributed by atoms with Crippen molar-refractivity contribution in [2.45, 2.75) is 26.3 Å². The van der Waals surface area contributed by atoms with Gasteiger partial charge in [0.2, 0.25) is 5.91 Å². The first kappa shape index (κ1) is 21.0. The molecule has 0 atom stereocenters. The Morgan fingerprint density at radius 3 is 2.31 bits per heavy atom. The molecule has 0 aliphatic carbocycles. The molecule has 26 heavy (non-hydrogen) atoms. The minimum Gasteiger partial charge on any atom is -0.482 e. The van der Waals surface area contributed by atoms with Gasteiger partial charge >= 0.3 is 5.97 Å². The Balaban J connectivity index is 2.33. The molecule has 140 valence electrons. The number of benzene rings is 1. The van der Waals surface area contributed by atoms with Crippen LogP contribution in [-0.2, 0) is 19.1 Å². The molecule has 0 bridgehead atoms. The molecule has 0 unspecified atom stereocenters. The Bertz CT molecular complexity index is 686. The van der Waals surface area contributed by atoms with E-state index in [9.17, 15) is 14.4 Å². The molecule has 1 aromatic rings. The highest BCUT2D eigenvalue weighted by molar-refractivity contribution is 5.86.